The lowest BCUT2D eigenvalue weighted by molar-refractivity contribution is -0.111. The maximum Gasteiger partial charge on any atom is 0.250 e. The van der Waals surface area contributed by atoms with E-state index in [0.29, 0.717) is 10.9 Å². The number of benzene rings is 2. The van der Waals surface area contributed by atoms with Gasteiger partial charge in [-0.3, -0.25) is 10.1 Å². The molecule has 0 fully saturated rings. The van der Waals surface area contributed by atoms with E-state index in [1.54, 1.807) is 20.3 Å². The molecule has 0 unspecified atom stereocenters. The van der Waals surface area contributed by atoms with Crippen molar-refractivity contribution < 1.29 is 14.3 Å². The first-order chi connectivity index (χ1) is 12.7. The summed E-state index contributed by atoms with van der Waals surface area (Å²) in [4.78, 5) is 16.6. The van der Waals surface area contributed by atoms with Gasteiger partial charge in [0.2, 0.25) is 5.91 Å². The minimum Gasteiger partial charge on any atom is -0.497 e. The summed E-state index contributed by atoms with van der Waals surface area (Å²) in [6, 6.07) is 15.1. The Labute approximate surface area is 155 Å². The van der Waals surface area contributed by atoms with Crippen LogP contribution in [-0.4, -0.2) is 25.1 Å². The summed E-state index contributed by atoms with van der Waals surface area (Å²) in [5.74, 6) is 1.26. The minimum atomic E-state index is -0.244. The summed E-state index contributed by atoms with van der Waals surface area (Å²) in [6.07, 6.45) is 3.18. The van der Waals surface area contributed by atoms with Crippen molar-refractivity contribution in [1.29, 1.82) is 0 Å². The maximum absolute atomic E-state index is 12.1. The number of hydrogen-bond donors (Lipinski definition) is 1. The van der Waals surface area contributed by atoms with Crippen molar-refractivity contribution in [1.82, 2.24) is 4.98 Å². The third kappa shape index (κ3) is 4.29. The Morgan fingerprint density at radius 3 is 2.58 bits per heavy atom. The molecule has 26 heavy (non-hydrogen) atoms. The smallest absolute Gasteiger partial charge is 0.250 e. The Morgan fingerprint density at radius 1 is 1.08 bits per heavy atom. The fourth-order valence-electron chi connectivity index (χ4n) is 2.34. The van der Waals surface area contributed by atoms with Crippen LogP contribution < -0.4 is 14.8 Å². The van der Waals surface area contributed by atoms with Crippen LogP contribution in [0.5, 0.6) is 11.5 Å². The van der Waals surface area contributed by atoms with Crippen LogP contribution in [0.15, 0.2) is 60.0 Å². The first-order valence-electron chi connectivity index (χ1n) is 7.91. The molecule has 0 atom stereocenters. The van der Waals surface area contributed by atoms with E-state index in [1.165, 1.54) is 17.4 Å². The number of carbonyl (C=O) groups is 1. The summed E-state index contributed by atoms with van der Waals surface area (Å²) in [5, 5.41) is 5.23. The molecule has 1 aromatic heterocycles. The fourth-order valence-corrected chi connectivity index (χ4v) is 3.06. The predicted molar refractivity (Wildman–Crippen MR) is 105 cm³/mol. The van der Waals surface area contributed by atoms with Crippen molar-refractivity contribution in [2.45, 2.75) is 0 Å². The second kappa shape index (κ2) is 8.31. The molecule has 0 aliphatic heterocycles. The number of methoxy groups -OCH3 is 2. The highest BCUT2D eigenvalue weighted by Crippen LogP contribution is 2.26. The number of thiazole rings is 1. The lowest BCUT2D eigenvalue weighted by Crippen LogP contribution is -2.07. The van der Waals surface area contributed by atoms with E-state index in [-0.39, 0.29) is 5.91 Å². The van der Waals surface area contributed by atoms with Crippen LogP contribution in [0.4, 0.5) is 5.13 Å². The van der Waals surface area contributed by atoms with Gasteiger partial charge < -0.3 is 9.47 Å². The summed E-state index contributed by atoms with van der Waals surface area (Å²) in [6.45, 7) is 0. The summed E-state index contributed by atoms with van der Waals surface area (Å²) >= 11 is 1.38. The molecule has 0 spiro atoms. The predicted octanol–water partition coefficient (Wildman–Crippen LogP) is 4.48. The van der Waals surface area contributed by atoms with Gasteiger partial charge in [0.1, 0.15) is 11.5 Å². The van der Waals surface area contributed by atoms with Gasteiger partial charge >= 0.3 is 0 Å². The lowest BCUT2D eigenvalue weighted by atomic mass is 10.2. The van der Waals surface area contributed by atoms with Crippen molar-refractivity contribution in [3.63, 3.8) is 0 Å². The van der Waals surface area contributed by atoms with Gasteiger partial charge in [0, 0.05) is 22.6 Å². The summed E-state index contributed by atoms with van der Waals surface area (Å²) < 4.78 is 10.4. The molecule has 2 aromatic carbocycles. The molecule has 3 rings (SSSR count). The number of ether oxygens (including phenoxy) is 2. The molecule has 0 saturated heterocycles. The van der Waals surface area contributed by atoms with Gasteiger partial charge in [-0.25, -0.2) is 4.98 Å². The fraction of sp³-hybridized carbons (Fsp3) is 0.100. The molecular formula is C20H18N2O3S. The molecule has 0 saturated carbocycles. The number of amides is 1. The SMILES string of the molecule is COc1ccc(-c2csc(NC(=O)/C=C/c3ccccc3OC)n2)cc1. The van der Waals surface area contributed by atoms with Gasteiger partial charge in [0.25, 0.3) is 0 Å². The van der Waals surface area contributed by atoms with Crippen LogP contribution in [0.25, 0.3) is 17.3 Å². The number of nitrogens with one attached hydrogen (secondary N) is 1. The van der Waals surface area contributed by atoms with E-state index in [0.717, 1.165) is 22.6 Å². The van der Waals surface area contributed by atoms with Gasteiger partial charge in [-0.05, 0) is 36.4 Å². The number of para-hydroxylation sites is 1. The molecule has 1 N–H and O–H groups in total. The van der Waals surface area contributed by atoms with Gasteiger partial charge in [-0.1, -0.05) is 18.2 Å². The van der Waals surface area contributed by atoms with Crippen LogP contribution in [-0.2, 0) is 4.79 Å². The number of carbonyl (C=O) groups excluding carboxylic acids is 1. The summed E-state index contributed by atoms with van der Waals surface area (Å²) in [7, 11) is 3.23. The minimum absolute atomic E-state index is 0.244. The molecule has 132 valence electrons. The van der Waals surface area contributed by atoms with Crippen LogP contribution >= 0.6 is 11.3 Å². The highest BCUT2D eigenvalue weighted by molar-refractivity contribution is 7.14. The zero-order chi connectivity index (χ0) is 18.4. The molecule has 0 radical (unpaired) electrons. The highest BCUT2D eigenvalue weighted by Gasteiger charge is 2.07. The number of rotatable bonds is 6. The van der Waals surface area contributed by atoms with Gasteiger partial charge in [0.05, 0.1) is 19.9 Å². The maximum atomic E-state index is 12.1. The largest absolute Gasteiger partial charge is 0.497 e. The van der Waals surface area contributed by atoms with Crippen LogP contribution in [0.3, 0.4) is 0 Å². The average Bonchev–Trinajstić information content (AvgIpc) is 3.15. The average molecular weight is 366 g/mol. The van der Waals surface area contributed by atoms with Crippen molar-refractivity contribution in [3.8, 4) is 22.8 Å². The molecule has 1 amide bonds. The molecule has 1 heterocycles. The molecule has 0 aliphatic rings. The monoisotopic (exact) mass is 366 g/mol. The van der Waals surface area contributed by atoms with Gasteiger partial charge in [0.15, 0.2) is 5.13 Å². The van der Waals surface area contributed by atoms with Crippen LogP contribution in [0.1, 0.15) is 5.56 Å². The van der Waals surface area contributed by atoms with E-state index in [4.69, 9.17) is 9.47 Å². The number of nitrogens with zero attached hydrogens (tertiary/aromatic N) is 1. The lowest BCUT2D eigenvalue weighted by Gasteiger charge is -2.03. The highest BCUT2D eigenvalue weighted by atomic mass is 32.1. The Kier molecular flexibility index (Phi) is 5.66. The van der Waals surface area contributed by atoms with Crippen LogP contribution in [0, 0.1) is 0 Å². The second-order valence-corrected chi connectivity index (χ2v) is 6.19. The zero-order valence-corrected chi connectivity index (χ0v) is 15.2. The first kappa shape index (κ1) is 17.7. The van der Waals surface area contributed by atoms with Gasteiger partial charge in [-0.15, -0.1) is 11.3 Å². The molecule has 3 aromatic rings. The van der Waals surface area contributed by atoms with Crippen molar-refractivity contribution in [3.05, 3.63) is 65.6 Å². The molecule has 0 bridgehead atoms. The number of hydrogen-bond acceptors (Lipinski definition) is 5. The quantitative estimate of drug-likeness (QED) is 0.654. The molecular weight excluding hydrogens is 348 g/mol. The van der Waals surface area contributed by atoms with Gasteiger partial charge in [-0.2, -0.15) is 0 Å². The number of anilines is 1. The Morgan fingerprint density at radius 2 is 1.85 bits per heavy atom. The normalized spacial score (nSPS) is 10.7. The Hall–Kier alpha value is -3.12. The molecule has 6 heteroatoms. The Balaban J connectivity index is 1.66. The third-order valence-corrected chi connectivity index (χ3v) is 4.43. The first-order valence-corrected chi connectivity index (χ1v) is 8.79. The van der Waals surface area contributed by atoms with E-state index in [1.807, 2.05) is 53.9 Å². The van der Waals surface area contributed by atoms with Crippen molar-refractivity contribution >= 4 is 28.5 Å². The second-order valence-electron chi connectivity index (χ2n) is 5.33. The van der Waals surface area contributed by atoms with Crippen molar-refractivity contribution in [2.24, 2.45) is 0 Å². The zero-order valence-electron chi connectivity index (χ0n) is 14.4. The summed E-state index contributed by atoms with van der Waals surface area (Å²) in [5.41, 5.74) is 2.61. The van der Waals surface area contributed by atoms with Crippen LogP contribution in [0.2, 0.25) is 0 Å². The Bertz CT molecular complexity index is 917. The van der Waals surface area contributed by atoms with Crippen molar-refractivity contribution in [2.75, 3.05) is 19.5 Å². The van der Waals surface area contributed by atoms with E-state index >= 15 is 0 Å². The van der Waals surface area contributed by atoms with E-state index in [2.05, 4.69) is 10.3 Å². The third-order valence-electron chi connectivity index (χ3n) is 3.67. The standard InChI is InChI=1S/C20H18N2O3S/c1-24-16-10-7-14(8-11-16)17-13-26-20(21-17)22-19(23)12-9-15-5-3-4-6-18(15)25-2/h3-13H,1-2H3,(H,21,22,23)/b12-9+. The molecule has 5 nitrogen and oxygen atoms in total. The van der Waals surface area contributed by atoms with E-state index < -0.39 is 0 Å². The van der Waals surface area contributed by atoms with E-state index in [9.17, 15) is 4.79 Å². The molecule has 0 aliphatic carbocycles. The topological polar surface area (TPSA) is 60.5 Å². The number of aromatic nitrogens is 1.